The molecule has 1 amide bonds. The van der Waals surface area contributed by atoms with Gasteiger partial charge in [-0.25, -0.2) is 0 Å². The molecule has 0 radical (unpaired) electrons. The van der Waals surface area contributed by atoms with Crippen LogP contribution in [0.1, 0.15) is 39.5 Å². The quantitative estimate of drug-likeness (QED) is 0.744. The first-order chi connectivity index (χ1) is 9.68. The van der Waals surface area contributed by atoms with Crippen molar-refractivity contribution in [1.82, 2.24) is 4.90 Å². The van der Waals surface area contributed by atoms with Gasteiger partial charge in [-0.15, -0.1) is 0 Å². The number of rotatable bonds is 6. The molecule has 0 aliphatic carbocycles. The lowest BCUT2D eigenvalue weighted by molar-refractivity contribution is -0.133. The molecule has 1 fully saturated rings. The fraction of sp³-hybridized carbons (Fsp3) is 0.588. The molecule has 0 bridgehead atoms. The van der Waals surface area contributed by atoms with E-state index in [1.165, 1.54) is 0 Å². The fourth-order valence-electron chi connectivity index (χ4n) is 2.87. The summed E-state index contributed by atoms with van der Waals surface area (Å²) in [4.78, 5) is 14.3. The van der Waals surface area contributed by atoms with E-state index in [-0.39, 0.29) is 5.91 Å². The smallest absolute Gasteiger partial charge is 0.222 e. The molecule has 0 N–H and O–H groups in total. The van der Waals surface area contributed by atoms with E-state index in [4.69, 9.17) is 4.74 Å². The summed E-state index contributed by atoms with van der Waals surface area (Å²) in [5, 5.41) is 0. The summed E-state index contributed by atoms with van der Waals surface area (Å²) in [6.07, 6.45) is 3.68. The van der Waals surface area contributed by atoms with Crippen LogP contribution in [0.3, 0.4) is 0 Å². The van der Waals surface area contributed by atoms with Crippen molar-refractivity contribution in [3.05, 3.63) is 30.3 Å². The molecule has 3 heteroatoms. The molecule has 1 aromatic carbocycles. The van der Waals surface area contributed by atoms with Crippen molar-refractivity contribution in [3.8, 4) is 5.75 Å². The van der Waals surface area contributed by atoms with E-state index >= 15 is 0 Å². The number of nitrogens with zero attached hydrogens (tertiary/aromatic N) is 1. The third-order valence-electron chi connectivity index (χ3n) is 3.94. The van der Waals surface area contributed by atoms with Gasteiger partial charge >= 0.3 is 0 Å². The lowest BCUT2D eigenvalue weighted by Crippen LogP contribution is -2.38. The average molecular weight is 275 g/mol. The van der Waals surface area contributed by atoms with Crippen molar-refractivity contribution < 1.29 is 9.53 Å². The van der Waals surface area contributed by atoms with Crippen LogP contribution in [0.4, 0.5) is 0 Å². The van der Waals surface area contributed by atoms with Crippen molar-refractivity contribution in [2.45, 2.75) is 45.6 Å². The van der Waals surface area contributed by atoms with Gasteiger partial charge in [0.1, 0.15) is 5.75 Å². The van der Waals surface area contributed by atoms with E-state index in [0.29, 0.717) is 25.0 Å². The maximum absolute atomic E-state index is 12.2. The molecule has 3 nitrogen and oxygen atoms in total. The zero-order valence-corrected chi connectivity index (χ0v) is 12.5. The molecule has 1 heterocycles. The summed E-state index contributed by atoms with van der Waals surface area (Å²) in [7, 11) is 0. The van der Waals surface area contributed by atoms with E-state index in [1.807, 2.05) is 30.3 Å². The van der Waals surface area contributed by atoms with E-state index < -0.39 is 0 Å². The highest BCUT2D eigenvalue weighted by atomic mass is 16.5. The van der Waals surface area contributed by atoms with Crippen molar-refractivity contribution in [3.63, 3.8) is 0 Å². The number of para-hydroxylation sites is 1. The molecule has 0 aromatic heterocycles. The fourth-order valence-corrected chi connectivity index (χ4v) is 2.87. The molecule has 0 saturated carbocycles. The van der Waals surface area contributed by atoms with Gasteiger partial charge in [-0.3, -0.25) is 4.79 Å². The molecule has 1 saturated heterocycles. The Labute approximate surface area is 121 Å². The molecule has 1 aromatic rings. The number of carbonyl (C=O) groups excluding carboxylic acids is 1. The van der Waals surface area contributed by atoms with Crippen molar-refractivity contribution in [2.75, 3.05) is 13.2 Å². The highest BCUT2D eigenvalue weighted by Crippen LogP contribution is 2.24. The Kier molecular flexibility index (Phi) is 5.45. The second-order valence-electron chi connectivity index (χ2n) is 5.81. The largest absolute Gasteiger partial charge is 0.494 e. The average Bonchev–Trinajstić information content (AvgIpc) is 2.94. The van der Waals surface area contributed by atoms with Gasteiger partial charge < -0.3 is 9.64 Å². The number of likely N-dealkylation sites (tertiary alicyclic amines) is 1. The number of amides is 1. The summed E-state index contributed by atoms with van der Waals surface area (Å²) < 4.78 is 5.62. The minimum Gasteiger partial charge on any atom is -0.494 e. The van der Waals surface area contributed by atoms with Gasteiger partial charge in [0.05, 0.1) is 6.61 Å². The topological polar surface area (TPSA) is 29.5 Å². The lowest BCUT2D eigenvalue weighted by Gasteiger charge is -2.27. The molecule has 0 spiro atoms. The Morgan fingerprint density at radius 1 is 1.35 bits per heavy atom. The van der Waals surface area contributed by atoms with Crippen molar-refractivity contribution in [2.24, 2.45) is 5.92 Å². The molecule has 2 rings (SSSR count). The zero-order chi connectivity index (χ0) is 14.4. The van der Waals surface area contributed by atoms with Crippen LogP contribution in [0.5, 0.6) is 5.75 Å². The summed E-state index contributed by atoms with van der Waals surface area (Å²) in [6, 6.07) is 10.2. The second kappa shape index (κ2) is 7.32. The number of benzene rings is 1. The van der Waals surface area contributed by atoms with Crippen molar-refractivity contribution in [1.29, 1.82) is 0 Å². The summed E-state index contributed by atoms with van der Waals surface area (Å²) in [6.45, 7) is 5.95. The predicted molar refractivity (Wildman–Crippen MR) is 80.7 cm³/mol. The van der Waals surface area contributed by atoms with E-state index in [2.05, 4.69) is 18.7 Å². The SMILES string of the molecule is CC(C)C1CCCN1C(=O)CCCOc1ccccc1. The zero-order valence-electron chi connectivity index (χ0n) is 12.5. The molecular weight excluding hydrogens is 250 g/mol. The Balaban J connectivity index is 1.70. The van der Waals surface area contributed by atoms with Crippen LogP contribution in [0, 0.1) is 5.92 Å². The first kappa shape index (κ1) is 14.9. The molecule has 110 valence electrons. The van der Waals surface area contributed by atoms with Gasteiger partial charge in [-0.2, -0.15) is 0 Å². The van der Waals surface area contributed by atoms with E-state index in [9.17, 15) is 4.79 Å². The van der Waals surface area contributed by atoms with Crippen LogP contribution >= 0.6 is 0 Å². The van der Waals surface area contributed by atoms with Crippen LogP contribution in [0.2, 0.25) is 0 Å². The summed E-state index contributed by atoms with van der Waals surface area (Å²) in [5.74, 6) is 1.72. The van der Waals surface area contributed by atoms with Gasteiger partial charge in [0.2, 0.25) is 5.91 Å². The van der Waals surface area contributed by atoms with Gasteiger partial charge in [0, 0.05) is 19.0 Å². The first-order valence-corrected chi connectivity index (χ1v) is 7.66. The highest BCUT2D eigenvalue weighted by Gasteiger charge is 2.30. The monoisotopic (exact) mass is 275 g/mol. The van der Waals surface area contributed by atoms with Gasteiger partial charge in [0.25, 0.3) is 0 Å². The second-order valence-corrected chi connectivity index (χ2v) is 5.81. The maximum Gasteiger partial charge on any atom is 0.222 e. The van der Waals surface area contributed by atoms with Gasteiger partial charge in [0.15, 0.2) is 0 Å². The van der Waals surface area contributed by atoms with Crippen LogP contribution in [-0.2, 0) is 4.79 Å². The third kappa shape index (κ3) is 3.99. The standard InChI is InChI=1S/C17H25NO2/c1-14(2)16-10-6-12-18(16)17(19)11-7-13-20-15-8-4-3-5-9-15/h3-5,8-9,14,16H,6-7,10-13H2,1-2H3. The molecule has 1 aliphatic heterocycles. The minimum absolute atomic E-state index is 0.290. The Morgan fingerprint density at radius 3 is 2.80 bits per heavy atom. The van der Waals surface area contributed by atoms with E-state index in [1.54, 1.807) is 0 Å². The van der Waals surface area contributed by atoms with E-state index in [0.717, 1.165) is 31.6 Å². The third-order valence-corrected chi connectivity index (χ3v) is 3.94. The molecule has 1 unspecified atom stereocenters. The number of hydrogen-bond acceptors (Lipinski definition) is 2. The van der Waals surface area contributed by atoms with Crippen LogP contribution < -0.4 is 4.74 Å². The Bertz CT molecular complexity index is 416. The maximum atomic E-state index is 12.2. The molecular formula is C17H25NO2. The number of hydrogen-bond donors (Lipinski definition) is 0. The minimum atomic E-state index is 0.290. The normalized spacial score (nSPS) is 18.6. The summed E-state index contributed by atoms with van der Waals surface area (Å²) >= 11 is 0. The van der Waals surface area contributed by atoms with Crippen molar-refractivity contribution >= 4 is 5.91 Å². The van der Waals surface area contributed by atoms with Crippen LogP contribution in [-0.4, -0.2) is 30.0 Å². The van der Waals surface area contributed by atoms with Crippen LogP contribution in [0.25, 0.3) is 0 Å². The predicted octanol–water partition coefficient (Wildman–Crippen LogP) is 3.49. The molecule has 20 heavy (non-hydrogen) atoms. The number of carbonyl (C=O) groups is 1. The number of ether oxygens (including phenoxy) is 1. The highest BCUT2D eigenvalue weighted by molar-refractivity contribution is 5.76. The summed E-state index contributed by atoms with van der Waals surface area (Å²) in [5.41, 5.74) is 0. The lowest BCUT2D eigenvalue weighted by atomic mass is 10.0. The Hall–Kier alpha value is -1.51. The Morgan fingerprint density at radius 2 is 2.10 bits per heavy atom. The molecule has 1 atom stereocenters. The molecule has 1 aliphatic rings. The van der Waals surface area contributed by atoms with Gasteiger partial charge in [-0.1, -0.05) is 32.0 Å². The van der Waals surface area contributed by atoms with Crippen LogP contribution in [0.15, 0.2) is 30.3 Å². The van der Waals surface area contributed by atoms with Gasteiger partial charge in [-0.05, 0) is 37.3 Å². The first-order valence-electron chi connectivity index (χ1n) is 7.66.